The number of carbonyl (C=O) groups excluding carboxylic acids is 3. The van der Waals surface area contributed by atoms with Crippen LogP contribution in [0.4, 0.5) is 5.69 Å². The van der Waals surface area contributed by atoms with Gasteiger partial charge in [0.05, 0.1) is 34.0 Å². The standard InChI is InChI=1S/C29H39N5O4/c1-19-16-20(2)33(31-19)14-7-12-30-26(35)21-8-6-13-32(18-21)24-10-5-9-23-25(24)28(37)34(27(23)36)22-11-15-38-29(3,4)17-22/h5,9-10,16,21-22H,6-8,11-15,17-18H2,1-4H3,(H,30,35)/t21-,22-/m1/s1. The Morgan fingerprint density at radius 1 is 1.18 bits per heavy atom. The van der Waals surface area contributed by atoms with Gasteiger partial charge in [-0.3, -0.25) is 24.0 Å². The second kappa shape index (κ2) is 10.5. The zero-order chi connectivity index (χ0) is 27.0. The van der Waals surface area contributed by atoms with Crippen molar-refractivity contribution in [1.82, 2.24) is 20.0 Å². The smallest absolute Gasteiger partial charge is 0.263 e. The summed E-state index contributed by atoms with van der Waals surface area (Å²) in [6.45, 7) is 11.2. The van der Waals surface area contributed by atoms with E-state index >= 15 is 0 Å². The van der Waals surface area contributed by atoms with Gasteiger partial charge in [0.15, 0.2) is 0 Å². The van der Waals surface area contributed by atoms with E-state index in [1.54, 1.807) is 6.07 Å². The molecule has 1 N–H and O–H groups in total. The van der Waals surface area contributed by atoms with Crippen LogP contribution in [0.15, 0.2) is 24.3 Å². The Balaban J connectivity index is 1.24. The number of amides is 3. The molecule has 4 heterocycles. The normalized spacial score (nSPS) is 23.1. The van der Waals surface area contributed by atoms with E-state index < -0.39 is 0 Å². The first-order chi connectivity index (χ1) is 18.1. The fraction of sp³-hybridized carbons (Fsp3) is 0.586. The molecular weight excluding hydrogens is 482 g/mol. The largest absolute Gasteiger partial charge is 0.375 e. The van der Waals surface area contributed by atoms with Gasteiger partial charge in [-0.15, -0.1) is 0 Å². The van der Waals surface area contributed by atoms with Crippen LogP contribution >= 0.6 is 0 Å². The van der Waals surface area contributed by atoms with E-state index in [9.17, 15) is 14.4 Å². The summed E-state index contributed by atoms with van der Waals surface area (Å²) in [5.41, 5.74) is 3.46. The number of aromatic nitrogens is 2. The molecule has 3 aliphatic heterocycles. The summed E-state index contributed by atoms with van der Waals surface area (Å²) in [6, 6.07) is 7.39. The van der Waals surface area contributed by atoms with E-state index in [0.717, 1.165) is 49.4 Å². The van der Waals surface area contributed by atoms with Crippen LogP contribution in [0.1, 0.15) is 78.1 Å². The SMILES string of the molecule is Cc1cc(C)n(CCCNC(=O)[C@@H]2CCCN(c3cccc4c3C(=O)N([C@@H]3CCOC(C)(C)C3)C4=O)C2)n1. The summed E-state index contributed by atoms with van der Waals surface area (Å²) in [5, 5.41) is 7.58. The molecule has 5 rings (SSSR count). The number of carbonyl (C=O) groups is 3. The van der Waals surface area contributed by atoms with Crippen molar-refractivity contribution in [2.45, 2.75) is 78.0 Å². The van der Waals surface area contributed by atoms with Crippen molar-refractivity contribution in [3.63, 3.8) is 0 Å². The summed E-state index contributed by atoms with van der Waals surface area (Å²) < 4.78 is 7.79. The first kappa shape index (κ1) is 26.4. The third-order valence-electron chi connectivity index (χ3n) is 8.04. The molecule has 0 bridgehead atoms. The number of anilines is 1. The van der Waals surface area contributed by atoms with Crippen molar-refractivity contribution < 1.29 is 19.1 Å². The number of rotatable bonds is 7. The van der Waals surface area contributed by atoms with Crippen LogP contribution in [0.5, 0.6) is 0 Å². The molecular formula is C29H39N5O4. The maximum atomic E-state index is 13.7. The average Bonchev–Trinajstić information content (AvgIpc) is 3.34. The van der Waals surface area contributed by atoms with E-state index in [4.69, 9.17) is 4.74 Å². The molecule has 2 atom stereocenters. The first-order valence-electron chi connectivity index (χ1n) is 13.8. The van der Waals surface area contributed by atoms with Crippen molar-refractivity contribution >= 4 is 23.4 Å². The molecule has 38 heavy (non-hydrogen) atoms. The zero-order valence-electron chi connectivity index (χ0n) is 23.0. The van der Waals surface area contributed by atoms with Crippen LogP contribution in [0.2, 0.25) is 0 Å². The van der Waals surface area contributed by atoms with Crippen molar-refractivity contribution in [3.05, 3.63) is 46.8 Å². The molecule has 9 heteroatoms. The summed E-state index contributed by atoms with van der Waals surface area (Å²) in [5.74, 6) is -0.556. The summed E-state index contributed by atoms with van der Waals surface area (Å²) in [4.78, 5) is 43.6. The molecule has 2 saturated heterocycles. The lowest BCUT2D eigenvalue weighted by Crippen LogP contribution is -2.48. The highest BCUT2D eigenvalue weighted by Crippen LogP contribution is 2.38. The fourth-order valence-corrected chi connectivity index (χ4v) is 6.20. The molecule has 0 unspecified atom stereocenters. The molecule has 3 amide bonds. The number of nitrogens with zero attached hydrogens (tertiary/aromatic N) is 4. The van der Waals surface area contributed by atoms with Gasteiger partial charge in [-0.2, -0.15) is 5.10 Å². The Morgan fingerprint density at radius 3 is 2.74 bits per heavy atom. The Bertz CT molecular complexity index is 1240. The van der Waals surface area contributed by atoms with Crippen molar-refractivity contribution in [2.75, 3.05) is 31.1 Å². The Kier molecular flexibility index (Phi) is 7.31. The number of imide groups is 1. The second-order valence-electron chi connectivity index (χ2n) is 11.5. The van der Waals surface area contributed by atoms with Gasteiger partial charge in [-0.05, 0) is 78.0 Å². The molecule has 204 valence electrons. The average molecular weight is 522 g/mol. The van der Waals surface area contributed by atoms with E-state index in [2.05, 4.69) is 21.4 Å². The predicted molar refractivity (Wildman–Crippen MR) is 144 cm³/mol. The second-order valence-corrected chi connectivity index (χ2v) is 11.5. The Labute approximate surface area is 224 Å². The number of nitrogens with one attached hydrogen (secondary N) is 1. The van der Waals surface area contributed by atoms with Crippen molar-refractivity contribution in [3.8, 4) is 0 Å². The van der Waals surface area contributed by atoms with Gasteiger partial charge in [-0.25, -0.2) is 0 Å². The fourth-order valence-electron chi connectivity index (χ4n) is 6.20. The molecule has 0 spiro atoms. The van der Waals surface area contributed by atoms with Gasteiger partial charge in [0.1, 0.15) is 0 Å². The zero-order valence-corrected chi connectivity index (χ0v) is 23.0. The molecule has 2 fully saturated rings. The minimum atomic E-state index is -0.370. The molecule has 3 aliphatic rings. The lowest BCUT2D eigenvalue weighted by atomic mass is 9.93. The number of aryl methyl sites for hydroxylation is 3. The van der Waals surface area contributed by atoms with Crippen LogP contribution in [0.3, 0.4) is 0 Å². The lowest BCUT2D eigenvalue weighted by Gasteiger charge is -2.39. The summed E-state index contributed by atoms with van der Waals surface area (Å²) in [6.07, 6.45) is 3.75. The van der Waals surface area contributed by atoms with Gasteiger partial charge < -0.3 is 15.0 Å². The quantitative estimate of drug-likeness (QED) is 0.443. The maximum absolute atomic E-state index is 13.7. The van der Waals surface area contributed by atoms with Crippen LogP contribution in [-0.2, 0) is 16.1 Å². The van der Waals surface area contributed by atoms with Crippen LogP contribution < -0.4 is 10.2 Å². The molecule has 1 aromatic heterocycles. The number of fused-ring (bicyclic) bond motifs is 1. The van der Waals surface area contributed by atoms with Crippen LogP contribution in [-0.4, -0.2) is 70.3 Å². The first-order valence-corrected chi connectivity index (χ1v) is 13.8. The molecule has 1 aromatic carbocycles. The molecule has 9 nitrogen and oxygen atoms in total. The topological polar surface area (TPSA) is 96.8 Å². The predicted octanol–water partition coefficient (Wildman–Crippen LogP) is 3.48. The van der Waals surface area contributed by atoms with Crippen molar-refractivity contribution in [2.24, 2.45) is 5.92 Å². The minimum Gasteiger partial charge on any atom is -0.375 e. The molecule has 0 saturated carbocycles. The Morgan fingerprint density at radius 2 is 2.00 bits per heavy atom. The van der Waals surface area contributed by atoms with Crippen molar-refractivity contribution in [1.29, 1.82) is 0 Å². The number of hydrogen-bond donors (Lipinski definition) is 1. The third kappa shape index (κ3) is 5.21. The van der Waals surface area contributed by atoms with Gasteiger partial charge in [0.2, 0.25) is 5.91 Å². The number of hydrogen-bond acceptors (Lipinski definition) is 6. The minimum absolute atomic E-state index is 0.0455. The highest BCUT2D eigenvalue weighted by atomic mass is 16.5. The maximum Gasteiger partial charge on any atom is 0.263 e. The molecule has 0 radical (unpaired) electrons. The van der Waals surface area contributed by atoms with Gasteiger partial charge >= 0.3 is 0 Å². The molecule has 0 aliphatic carbocycles. The summed E-state index contributed by atoms with van der Waals surface area (Å²) in [7, 11) is 0. The van der Waals surface area contributed by atoms with Gasteiger partial charge in [0, 0.05) is 44.5 Å². The monoisotopic (exact) mass is 521 g/mol. The third-order valence-corrected chi connectivity index (χ3v) is 8.04. The number of ether oxygens (including phenoxy) is 1. The summed E-state index contributed by atoms with van der Waals surface area (Å²) >= 11 is 0. The van der Waals surface area contributed by atoms with Gasteiger partial charge in [0.25, 0.3) is 11.8 Å². The highest BCUT2D eigenvalue weighted by molar-refractivity contribution is 6.24. The number of piperidine rings is 1. The van der Waals surface area contributed by atoms with E-state index in [1.807, 2.05) is 44.5 Å². The van der Waals surface area contributed by atoms with Gasteiger partial charge in [-0.1, -0.05) is 6.07 Å². The van der Waals surface area contributed by atoms with E-state index in [0.29, 0.717) is 43.7 Å². The van der Waals surface area contributed by atoms with E-state index in [1.165, 1.54) is 4.90 Å². The lowest BCUT2D eigenvalue weighted by molar-refractivity contribution is -0.125. The Hall–Kier alpha value is -3.20. The highest BCUT2D eigenvalue weighted by Gasteiger charge is 2.45. The molecule has 2 aromatic rings. The van der Waals surface area contributed by atoms with Crippen LogP contribution in [0.25, 0.3) is 0 Å². The van der Waals surface area contributed by atoms with E-state index in [-0.39, 0.29) is 35.3 Å². The number of benzene rings is 1. The van der Waals surface area contributed by atoms with Crippen LogP contribution in [0, 0.1) is 19.8 Å².